The molecule has 1 aliphatic heterocycles. The molecule has 4 nitrogen and oxygen atoms in total. The highest BCUT2D eigenvalue weighted by molar-refractivity contribution is 7.80. The summed E-state index contributed by atoms with van der Waals surface area (Å²) in [6, 6.07) is 5.97. The standard InChI is InChI=1S/C13H17N3OS/c1-9-3-4-11(10(7-9)13(14)18)16-6-5-15(2)12(17)8-16/h3-4,7H,5-6,8H2,1-2H3,(H2,14,18). The van der Waals surface area contributed by atoms with Crippen LogP contribution in [-0.4, -0.2) is 42.5 Å². The molecule has 1 amide bonds. The number of rotatable bonds is 2. The van der Waals surface area contributed by atoms with Crippen LogP contribution >= 0.6 is 12.2 Å². The van der Waals surface area contributed by atoms with Crippen molar-refractivity contribution in [1.29, 1.82) is 0 Å². The Labute approximate surface area is 112 Å². The molecule has 18 heavy (non-hydrogen) atoms. The summed E-state index contributed by atoms with van der Waals surface area (Å²) in [7, 11) is 1.82. The van der Waals surface area contributed by atoms with E-state index in [1.165, 1.54) is 0 Å². The summed E-state index contributed by atoms with van der Waals surface area (Å²) in [5.41, 5.74) is 8.68. The van der Waals surface area contributed by atoms with Crippen molar-refractivity contribution in [3.8, 4) is 0 Å². The quantitative estimate of drug-likeness (QED) is 0.806. The lowest BCUT2D eigenvalue weighted by molar-refractivity contribution is -0.129. The number of nitrogens with two attached hydrogens (primary N) is 1. The molecule has 1 aromatic carbocycles. The van der Waals surface area contributed by atoms with Gasteiger partial charge in [-0.25, -0.2) is 0 Å². The number of thiocarbonyl (C=S) groups is 1. The first kappa shape index (κ1) is 12.8. The highest BCUT2D eigenvalue weighted by Crippen LogP contribution is 2.23. The number of nitrogens with zero attached hydrogens (tertiary/aromatic N) is 2. The van der Waals surface area contributed by atoms with E-state index in [1.807, 2.05) is 37.1 Å². The first-order valence-electron chi connectivity index (χ1n) is 5.88. The van der Waals surface area contributed by atoms with Gasteiger partial charge in [-0.15, -0.1) is 0 Å². The van der Waals surface area contributed by atoms with Crippen LogP contribution in [0, 0.1) is 6.92 Å². The molecule has 1 heterocycles. The van der Waals surface area contributed by atoms with E-state index in [0.717, 1.165) is 29.9 Å². The van der Waals surface area contributed by atoms with Crippen LogP contribution in [0.2, 0.25) is 0 Å². The van der Waals surface area contributed by atoms with Gasteiger partial charge < -0.3 is 15.5 Å². The Kier molecular flexibility index (Phi) is 3.52. The van der Waals surface area contributed by atoms with Crippen LogP contribution in [0.3, 0.4) is 0 Å². The lowest BCUT2D eigenvalue weighted by Crippen LogP contribution is -2.49. The first-order chi connectivity index (χ1) is 8.49. The fraction of sp³-hybridized carbons (Fsp3) is 0.385. The summed E-state index contributed by atoms with van der Waals surface area (Å²) < 4.78 is 0. The van der Waals surface area contributed by atoms with Crippen LogP contribution in [0.4, 0.5) is 5.69 Å². The van der Waals surface area contributed by atoms with Crippen molar-refractivity contribution in [1.82, 2.24) is 4.90 Å². The number of hydrogen-bond acceptors (Lipinski definition) is 3. The van der Waals surface area contributed by atoms with Crippen molar-refractivity contribution >= 4 is 28.8 Å². The zero-order chi connectivity index (χ0) is 13.3. The lowest BCUT2D eigenvalue weighted by Gasteiger charge is -2.34. The molecule has 0 aliphatic carbocycles. The number of aryl methyl sites for hydroxylation is 1. The molecular weight excluding hydrogens is 246 g/mol. The third-order valence-corrected chi connectivity index (χ3v) is 3.44. The van der Waals surface area contributed by atoms with Crippen molar-refractivity contribution in [3.63, 3.8) is 0 Å². The van der Waals surface area contributed by atoms with Crippen molar-refractivity contribution in [2.45, 2.75) is 6.92 Å². The SMILES string of the molecule is Cc1ccc(N2CCN(C)C(=O)C2)c(C(N)=S)c1. The van der Waals surface area contributed by atoms with E-state index in [4.69, 9.17) is 18.0 Å². The molecule has 1 aromatic rings. The maximum Gasteiger partial charge on any atom is 0.241 e. The molecule has 2 N–H and O–H groups in total. The third-order valence-electron chi connectivity index (χ3n) is 3.22. The average Bonchev–Trinajstić information content (AvgIpc) is 2.32. The summed E-state index contributed by atoms with van der Waals surface area (Å²) in [6.45, 7) is 3.92. The predicted molar refractivity (Wildman–Crippen MR) is 76.9 cm³/mol. The summed E-state index contributed by atoms with van der Waals surface area (Å²) in [5, 5.41) is 0. The molecule has 0 spiro atoms. The van der Waals surface area contributed by atoms with Crippen LogP contribution in [0.1, 0.15) is 11.1 Å². The van der Waals surface area contributed by atoms with E-state index >= 15 is 0 Å². The van der Waals surface area contributed by atoms with Crippen molar-refractivity contribution in [2.75, 3.05) is 31.6 Å². The van der Waals surface area contributed by atoms with Gasteiger partial charge in [-0.2, -0.15) is 0 Å². The van der Waals surface area contributed by atoms with Gasteiger partial charge in [-0.3, -0.25) is 4.79 Å². The largest absolute Gasteiger partial charge is 0.389 e. The van der Waals surface area contributed by atoms with Gasteiger partial charge in [0.1, 0.15) is 4.99 Å². The molecule has 0 radical (unpaired) electrons. The Balaban J connectivity index is 2.33. The van der Waals surface area contributed by atoms with Gasteiger partial charge in [0.15, 0.2) is 0 Å². The fourth-order valence-corrected chi connectivity index (χ4v) is 2.25. The number of piperazine rings is 1. The van der Waals surface area contributed by atoms with Gasteiger partial charge in [-0.05, 0) is 19.1 Å². The first-order valence-corrected chi connectivity index (χ1v) is 6.29. The number of carbonyl (C=O) groups excluding carboxylic acids is 1. The Hall–Kier alpha value is -1.62. The third kappa shape index (κ3) is 2.46. The second kappa shape index (κ2) is 4.94. The smallest absolute Gasteiger partial charge is 0.241 e. The van der Waals surface area contributed by atoms with E-state index in [1.54, 1.807) is 4.90 Å². The molecule has 0 bridgehead atoms. The molecule has 1 fully saturated rings. The fourth-order valence-electron chi connectivity index (χ4n) is 2.09. The Morgan fingerprint density at radius 1 is 1.39 bits per heavy atom. The van der Waals surface area contributed by atoms with Gasteiger partial charge in [0.05, 0.1) is 6.54 Å². The molecule has 2 rings (SSSR count). The minimum absolute atomic E-state index is 0.121. The second-order valence-electron chi connectivity index (χ2n) is 4.62. The van der Waals surface area contributed by atoms with Crippen LogP contribution in [0.15, 0.2) is 18.2 Å². The molecule has 0 saturated carbocycles. The van der Waals surface area contributed by atoms with Crippen molar-refractivity contribution < 1.29 is 4.79 Å². The highest BCUT2D eigenvalue weighted by atomic mass is 32.1. The van der Waals surface area contributed by atoms with E-state index in [-0.39, 0.29) is 5.91 Å². The number of likely N-dealkylation sites (N-methyl/N-ethyl adjacent to an activating group) is 1. The van der Waals surface area contributed by atoms with E-state index in [0.29, 0.717) is 11.5 Å². The monoisotopic (exact) mass is 263 g/mol. The van der Waals surface area contributed by atoms with E-state index in [2.05, 4.69) is 0 Å². The molecular formula is C13H17N3OS. The Morgan fingerprint density at radius 3 is 2.72 bits per heavy atom. The normalized spacial score (nSPS) is 16.0. The molecule has 1 aliphatic rings. The number of carbonyl (C=O) groups is 1. The number of anilines is 1. The summed E-state index contributed by atoms with van der Waals surface area (Å²) in [5.74, 6) is 0.121. The number of amides is 1. The zero-order valence-electron chi connectivity index (χ0n) is 10.6. The summed E-state index contributed by atoms with van der Waals surface area (Å²) in [4.78, 5) is 15.9. The van der Waals surface area contributed by atoms with E-state index in [9.17, 15) is 4.79 Å². The highest BCUT2D eigenvalue weighted by Gasteiger charge is 2.23. The minimum atomic E-state index is 0.121. The molecule has 0 unspecified atom stereocenters. The maximum atomic E-state index is 11.7. The second-order valence-corrected chi connectivity index (χ2v) is 5.06. The van der Waals surface area contributed by atoms with Crippen LogP contribution in [-0.2, 0) is 4.79 Å². The van der Waals surface area contributed by atoms with Gasteiger partial charge in [0.2, 0.25) is 5.91 Å². The van der Waals surface area contributed by atoms with Crippen LogP contribution in [0.5, 0.6) is 0 Å². The number of benzene rings is 1. The molecule has 0 aromatic heterocycles. The van der Waals surface area contributed by atoms with Gasteiger partial charge in [0, 0.05) is 31.4 Å². The Morgan fingerprint density at radius 2 is 2.11 bits per heavy atom. The maximum absolute atomic E-state index is 11.7. The average molecular weight is 263 g/mol. The van der Waals surface area contributed by atoms with Crippen LogP contribution in [0.25, 0.3) is 0 Å². The van der Waals surface area contributed by atoms with Gasteiger partial charge >= 0.3 is 0 Å². The molecule has 0 atom stereocenters. The Bertz CT molecular complexity index is 501. The molecule has 5 heteroatoms. The topological polar surface area (TPSA) is 49.6 Å². The predicted octanol–water partition coefficient (Wildman–Crippen LogP) is 0.908. The molecule has 96 valence electrons. The summed E-state index contributed by atoms with van der Waals surface area (Å²) >= 11 is 5.09. The minimum Gasteiger partial charge on any atom is -0.389 e. The van der Waals surface area contributed by atoms with Crippen molar-refractivity contribution in [3.05, 3.63) is 29.3 Å². The van der Waals surface area contributed by atoms with Gasteiger partial charge in [-0.1, -0.05) is 23.8 Å². The van der Waals surface area contributed by atoms with Crippen LogP contribution < -0.4 is 10.6 Å². The van der Waals surface area contributed by atoms with Crippen molar-refractivity contribution in [2.24, 2.45) is 5.73 Å². The zero-order valence-corrected chi connectivity index (χ0v) is 11.5. The lowest BCUT2D eigenvalue weighted by atomic mass is 10.1. The number of hydrogen-bond donors (Lipinski definition) is 1. The van der Waals surface area contributed by atoms with Gasteiger partial charge in [0.25, 0.3) is 0 Å². The summed E-state index contributed by atoms with van der Waals surface area (Å²) in [6.07, 6.45) is 0. The van der Waals surface area contributed by atoms with E-state index < -0.39 is 0 Å². The molecule has 1 saturated heterocycles.